The van der Waals surface area contributed by atoms with Crippen molar-refractivity contribution in [3.05, 3.63) is 41.2 Å². The zero-order valence-corrected chi connectivity index (χ0v) is 16.8. The second kappa shape index (κ2) is 8.65. The number of carbonyl (C=O) groups excluding carboxylic acids is 1. The number of benzene rings is 1. The van der Waals surface area contributed by atoms with Crippen LogP contribution in [-0.4, -0.2) is 60.8 Å². The lowest BCUT2D eigenvalue weighted by Gasteiger charge is -2.29. The Morgan fingerprint density at radius 1 is 1.21 bits per heavy atom. The van der Waals surface area contributed by atoms with Gasteiger partial charge in [-0.15, -0.1) is 0 Å². The van der Waals surface area contributed by atoms with E-state index in [4.69, 9.17) is 14.2 Å². The van der Waals surface area contributed by atoms with Gasteiger partial charge >= 0.3 is 0 Å². The van der Waals surface area contributed by atoms with Crippen LogP contribution in [0, 0.1) is 0 Å². The van der Waals surface area contributed by atoms with E-state index in [0.29, 0.717) is 42.6 Å². The van der Waals surface area contributed by atoms with Gasteiger partial charge in [-0.2, -0.15) is 0 Å². The number of ether oxygens (including phenoxy) is 3. The van der Waals surface area contributed by atoms with Crippen molar-refractivity contribution in [2.75, 3.05) is 39.2 Å². The van der Waals surface area contributed by atoms with Gasteiger partial charge in [-0.1, -0.05) is 0 Å². The summed E-state index contributed by atoms with van der Waals surface area (Å²) >= 11 is 0. The molecule has 0 saturated carbocycles. The Kier molecular flexibility index (Phi) is 5.80. The van der Waals surface area contributed by atoms with Crippen molar-refractivity contribution in [1.29, 1.82) is 0 Å². The highest BCUT2D eigenvalue weighted by molar-refractivity contribution is 5.93. The van der Waals surface area contributed by atoms with E-state index in [1.165, 1.54) is 5.56 Å². The first-order chi connectivity index (χ1) is 14.2. The Morgan fingerprint density at radius 2 is 1.93 bits per heavy atom. The maximum Gasteiger partial charge on any atom is 0.257 e. The smallest absolute Gasteiger partial charge is 0.257 e. The molecule has 4 rings (SSSR count). The number of aromatic nitrogens is 2. The molecule has 1 unspecified atom stereocenters. The molecule has 2 aliphatic rings. The van der Waals surface area contributed by atoms with E-state index in [2.05, 4.69) is 15.3 Å². The number of nitrogens with one attached hydrogen (secondary N) is 1. The highest BCUT2D eigenvalue weighted by Crippen LogP contribution is 2.33. The van der Waals surface area contributed by atoms with Gasteiger partial charge in [0.15, 0.2) is 11.5 Å². The Balaban J connectivity index is 1.41. The van der Waals surface area contributed by atoms with E-state index >= 15 is 0 Å². The third-order valence-electron chi connectivity index (χ3n) is 5.42. The Morgan fingerprint density at radius 3 is 2.59 bits per heavy atom. The minimum absolute atomic E-state index is 0.0730. The number of hydrogen-bond acceptors (Lipinski definition) is 7. The van der Waals surface area contributed by atoms with Crippen molar-refractivity contribution in [2.45, 2.75) is 31.9 Å². The molecule has 1 N–H and O–H groups in total. The van der Waals surface area contributed by atoms with Crippen LogP contribution in [0.2, 0.25) is 0 Å². The lowest BCUT2D eigenvalue weighted by Crippen LogP contribution is -2.36. The average molecular weight is 398 g/mol. The molecule has 8 heteroatoms. The predicted molar refractivity (Wildman–Crippen MR) is 107 cm³/mol. The number of methoxy groups -OCH3 is 2. The minimum atomic E-state index is -0.0730. The van der Waals surface area contributed by atoms with Crippen molar-refractivity contribution >= 4 is 11.9 Å². The van der Waals surface area contributed by atoms with Crippen LogP contribution in [0.1, 0.15) is 34.3 Å². The largest absolute Gasteiger partial charge is 0.493 e. The summed E-state index contributed by atoms with van der Waals surface area (Å²) in [6, 6.07) is 3.94. The lowest BCUT2D eigenvalue weighted by molar-refractivity contribution is 0.0733. The summed E-state index contributed by atoms with van der Waals surface area (Å²) in [5.41, 5.74) is 2.73. The van der Waals surface area contributed by atoms with Crippen LogP contribution in [0.25, 0.3) is 0 Å². The molecule has 1 amide bonds. The molecule has 1 aromatic heterocycles. The molecular formula is C21H26N4O4. The third kappa shape index (κ3) is 4.27. The molecule has 1 atom stereocenters. The van der Waals surface area contributed by atoms with Gasteiger partial charge in [0.1, 0.15) is 0 Å². The van der Waals surface area contributed by atoms with Gasteiger partial charge in [0, 0.05) is 38.6 Å². The quantitative estimate of drug-likeness (QED) is 0.799. The number of rotatable bonds is 6. The molecule has 29 heavy (non-hydrogen) atoms. The van der Waals surface area contributed by atoms with Crippen molar-refractivity contribution < 1.29 is 19.0 Å². The van der Waals surface area contributed by atoms with Crippen LogP contribution in [0.5, 0.6) is 11.5 Å². The molecule has 154 valence electrons. The molecule has 0 bridgehead atoms. The van der Waals surface area contributed by atoms with Crippen LogP contribution in [0.3, 0.4) is 0 Å². The van der Waals surface area contributed by atoms with E-state index in [1.54, 1.807) is 26.6 Å². The van der Waals surface area contributed by atoms with E-state index in [-0.39, 0.29) is 12.0 Å². The van der Waals surface area contributed by atoms with E-state index in [1.807, 2.05) is 17.0 Å². The van der Waals surface area contributed by atoms with Crippen LogP contribution in [-0.2, 0) is 17.7 Å². The molecule has 0 radical (unpaired) electrons. The maximum atomic E-state index is 12.9. The highest BCUT2D eigenvalue weighted by atomic mass is 16.5. The molecule has 1 aromatic carbocycles. The first-order valence-corrected chi connectivity index (χ1v) is 9.88. The fourth-order valence-electron chi connectivity index (χ4n) is 3.78. The predicted octanol–water partition coefficient (Wildman–Crippen LogP) is 2.28. The van der Waals surface area contributed by atoms with E-state index < -0.39 is 0 Å². The number of nitrogens with zero attached hydrogens (tertiary/aromatic N) is 3. The standard InChI is InChI=1S/C21H26N4O4/c1-27-18-8-14-5-6-25(13-15(14)9-19(18)28-2)20(26)16-10-22-21(23-11-16)24-12-17-4-3-7-29-17/h8-11,17H,3-7,12-13H2,1-2H3,(H,22,23,24). The second-order valence-corrected chi connectivity index (χ2v) is 7.26. The highest BCUT2D eigenvalue weighted by Gasteiger charge is 2.24. The van der Waals surface area contributed by atoms with Crippen molar-refractivity contribution in [1.82, 2.24) is 14.9 Å². The van der Waals surface area contributed by atoms with E-state index in [9.17, 15) is 4.79 Å². The zero-order valence-electron chi connectivity index (χ0n) is 16.8. The Hall–Kier alpha value is -2.87. The summed E-state index contributed by atoms with van der Waals surface area (Å²) < 4.78 is 16.3. The van der Waals surface area contributed by atoms with Crippen LogP contribution >= 0.6 is 0 Å². The summed E-state index contributed by atoms with van der Waals surface area (Å²) in [5, 5.41) is 3.17. The minimum Gasteiger partial charge on any atom is -0.493 e. The van der Waals surface area contributed by atoms with Crippen molar-refractivity contribution in [3.8, 4) is 11.5 Å². The monoisotopic (exact) mass is 398 g/mol. The first-order valence-electron chi connectivity index (χ1n) is 9.88. The molecule has 1 saturated heterocycles. The van der Waals surface area contributed by atoms with Gasteiger partial charge < -0.3 is 24.4 Å². The zero-order chi connectivity index (χ0) is 20.2. The third-order valence-corrected chi connectivity index (χ3v) is 5.42. The van der Waals surface area contributed by atoms with Gasteiger partial charge in [-0.25, -0.2) is 9.97 Å². The van der Waals surface area contributed by atoms with Gasteiger partial charge in [0.05, 0.1) is 25.9 Å². The van der Waals surface area contributed by atoms with Gasteiger partial charge in [0.25, 0.3) is 5.91 Å². The molecule has 2 aliphatic heterocycles. The molecule has 3 heterocycles. The van der Waals surface area contributed by atoms with Gasteiger partial charge in [0.2, 0.25) is 5.95 Å². The fraction of sp³-hybridized carbons (Fsp3) is 0.476. The molecule has 1 fully saturated rings. The summed E-state index contributed by atoms with van der Waals surface area (Å²) in [4.78, 5) is 23.3. The normalized spacial score (nSPS) is 18.3. The Labute approximate surface area is 170 Å². The number of amides is 1. The SMILES string of the molecule is COc1cc2c(cc1OC)CN(C(=O)c1cnc(NCC3CCCO3)nc1)CC2. The molecule has 2 aromatic rings. The summed E-state index contributed by atoms with van der Waals surface area (Å²) in [6.07, 6.45) is 6.29. The molecule has 0 spiro atoms. The Bertz CT molecular complexity index is 866. The molecular weight excluding hydrogens is 372 g/mol. The summed E-state index contributed by atoms with van der Waals surface area (Å²) in [6.45, 7) is 2.66. The van der Waals surface area contributed by atoms with Gasteiger partial charge in [-0.3, -0.25) is 4.79 Å². The van der Waals surface area contributed by atoms with Crippen molar-refractivity contribution in [3.63, 3.8) is 0 Å². The number of anilines is 1. The first kappa shape index (κ1) is 19.4. The molecule has 8 nitrogen and oxygen atoms in total. The average Bonchev–Trinajstić information content (AvgIpc) is 3.30. The van der Waals surface area contributed by atoms with Crippen LogP contribution in [0.4, 0.5) is 5.95 Å². The molecule has 0 aliphatic carbocycles. The van der Waals surface area contributed by atoms with Crippen molar-refractivity contribution in [2.24, 2.45) is 0 Å². The second-order valence-electron chi connectivity index (χ2n) is 7.26. The maximum absolute atomic E-state index is 12.9. The fourth-order valence-corrected chi connectivity index (χ4v) is 3.78. The topological polar surface area (TPSA) is 85.8 Å². The number of hydrogen-bond donors (Lipinski definition) is 1. The van der Waals surface area contributed by atoms with Crippen LogP contribution in [0.15, 0.2) is 24.5 Å². The summed E-state index contributed by atoms with van der Waals surface area (Å²) in [7, 11) is 3.24. The van der Waals surface area contributed by atoms with Gasteiger partial charge in [-0.05, 0) is 42.5 Å². The number of fused-ring (bicyclic) bond motifs is 1. The lowest BCUT2D eigenvalue weighted by atomic mass is 9.98. The van der Waals surface area contributed by atoms with Crippen LogP contribution < -0.4 is 14.8 Å². The van der Waals surface area contributed by atoms with E-state index in [0.717, 1.165) is 31.4 Å². The summed E-state index contributed by atoms with van der Waals surface area (Å²) in [5.74, 6) is 1.82. The number of carbonyl (C=O) groups is 1.